The molecule has 0 saturated carbocycles. The fourth-order valence-electron chi connectivity index (χ4n) is 4.92. The van der Waals surface area contributed by atoms with E-state index in [1.807, 2.05) is 24.3 Å². The monoisotopic (exact) mass is 450 g/mol. The van der Waals surface area contributed by atoms with Crippen molar-refractivity contribution in [2.75, 3.05) is 19.7 Å². The van der Waals surface area contributed by atoms with Gasteiger partial charge < -0.3 is 20.1 Å². The van der Waals surface area contributed by atoms with Crippen molar-refractivity contribution in [1.29, 1.82) is 0 Å². The number of aliphatic carboxylic acids is 1. The summed E-state index contributed by atoms with van der Waals surface area (Å²) in [7, 11) is 0. The number of carboxylic acids is 1. The van der Waals surface area contributed by atoms with Gasteiger partial charge in [-0.1, -0.05) is 48.5 Å². The summed E-state index contributed by atoms with van der Waals surface area (Å²) in [5.74, 6) is -1.08. The van der Waals surface area contributed by atoms with E-state index in [0.29, 0.717) is 13.0 Å². The molecular formula is C26H30N2O5. The van der Waals surface area contributed by atoms with Gasteiger partial charge in [-0.05, 0) is 48.9 Å². The van der Waals surface area contributed by atoms with Crippen molar-refractivity contribution in [2.45, 2.75) is 45.1 Å². The number of hydrogen-bond donors (Lipinski definition) is 2. The first kappa shape index (κ1) is 22.8. The van der Waals surface area contributed by atoms with Crippen molar-refractivity contribution in [3.63, 3.8) is 0 Å². The summed E-state index contributed by atoms with van der Waals surface area (Å²) >= 11 is 0. The summed E-state index contributed by atoms with van der Waals surface area (Å²) in [5.41, 5.74) is 3.74. The van der Waals surface area contributed by atoms with E-state index in [-0.39, 0.29) is 37.4 Å². The van der Waals surface area contributed by atoms with Crippen LogP contribution in [0.3, 0.4) is 0 Å². The molecule has 33 heavy (non-hydrogen) atoms. The third-order valence-corrected chi connectivity index (χ3v) is 6.65. The molecule has 2 aromatic carbocycles. The molecule has 0 spiro atoms. The third-order valence-electron chi connectivity index (χ3n) is 6.65. The Labute approximate surface area is 193 Å². The molecule has 7 nitrogen and oxygen atoms in total. The maximum Gasteiger partial charge on any atom is 0.407 e. The molecule has 7 heteroatoms. The first-order valence-electron chi connectivity index (χ1n) is 11.4. The van der Waals surface area contributed by atoms with Gasteiger partial charge in [-0.15, -0.1) is 0 Å². The van der Waals surface area contributed by atoms with E-state index >= 15 is 0 Å². The Hall–Kier alpha value is -3.35. The summed E-state index contributed by atoms with van der Waals surface area (Å²) in [5, 5.41) is 11.8. The van der Waals surface area contributed by atoms with Crippen LogP contribution in [-0.4, -0.2) is 53.7 Å². The first-order chi connectivity index (χ1) is 15.8. The lowest BCUT2D eigenvalue weighted by molar-refractivity contribution is -0.143. The second-order valence-corrected chi connectivity index (χ2v) is 9.46. The van der Waals surface area contributed by atoms with E-state index in [4.69, 9.17) is 9.84 Å². The number of carbonyl (C=O) groups excluding carboxylic acids is 2. The van der Waals surface area contributed by atoms with Gasteiger partial charge >= 0.3 is 12.1 Å². The molecule has 1 aliphatic carbocycles. The van der Waals surface area contributed by atoms with Gasteiger partial charge in [-0.3, -0.25) is 9.59 Å². The molecule has 0 aromatic heterocycles. The Morgan fingerprint density at radius 3 is 2.27 bits per heavy atom. The number of amides is 2. The number of alkyl carbamates (subject to hydrolysis) is 1. The normalized spacial score (nSPS) is 17.4. The number of carboxylic acid groups (broad SMARTS) is 1. The predicted molar refractivity (Wildman–Crippen MR) is 124 cm³/mol. The molecule has 1 aliphatic heterocycles. The number of nitrogens with one attached hydrogen (secondary N) is 1. The Morgan fingerprint density at radius 2 is 1.67 bits per heavy atom. The van der Waals surface area contributed by atoms with Crippen LogP contribution in [0.4, 0.5) is 4.79 Å². The fraction of sp³-hybridized carbons (Fsp3) is 0.423. The molecule has 1 atom stereocenters. The van der Waals surface area contributed by atoms with Crippen molar-refractivity contribution in [1.82, 2.24) is 10.2 Å². The fourth-order valence-corrected chi connectivity index (χ4v) is 4.92. The molecule has 0 bridgehead atoms. The van der Waals surface area contributed by atoms with Gasteiger partial charge in [0.1, 0.15) is 6.61 Å². The third kappa shape index (κ3) is 4.72. The van der Waals surface area contributed by atoms with Gasteiger partial charge in [0.05, 0.1) is 11.8 Å². The highest BCUT2D eigenvalue weighted by atomic mass is 16.5. The minimum Gasteiger partial charge on any atom is -0.481 e. The van der Waals surface area contributed by atoms with E-state index in [1.165, 1.54) is 0 Å². The van der Waals surface area contributed by atoms with Gasteiger partial charge in [0, 0.05) is 25.0 Å². The highest BCUT2D eigenvalue weighted by Crippen LogP contribution is 2.44. The molecule has 1 heterocycles. The van der Waals surface area contributed by atoms with Gasteiger partial charge in [0.15, 0.2) is 0 Å². The predicted octanol–water partition coefficient (Wildman–Crippen LogP) is 4.02. The SMILES string of the molecule is CC(C)(CNC(=O)OCC1c2ccccc2-c2ccccc21)C(=O)N1CCC[C@@H]1CC(=O)O. The summed E-state index contributed by atoms with van der Waals surface area (Å²) in [6, 6.07) is 16.0. The van der Waals surface area contributed by atoms with E-state index < -0.39 is 17.5 Å². The van der Waals surface area contributed by atoms with Crippen LogP contribution in [0.2, 0.25) is 0 Å². The number of ether oxygens (including phenoxy) is 1. The lowest BCUT2D eigenvalue weighted by atomic mass is 9.91. The van der Waals surface area contributed by atoms with Crippen LogP contribution in [0.25, 0.3) is 11.1 Å². The minimum absolute atomic E-state index is 0.0285. The number of fused-ring (bicyclic) bond motifs is 3. The van der Waals surface area contributed by atoms with E-state index in [2.05, 4.69) is 29.6 Å². The number of nitrogens with zero attached hydrogens (tertiary/aromatic N) is 1. The summed E-state index contributed by atoms with van der Waals surface area (Å²) in [4.78, 5) is 38.3. The van der Waals surface area contributed by atoms with Crippen molar-refractivity contribution >= 4 is 18.0 Å². The average molecular weight is 451 g/mol. The molecule has 0 unspecified atom stereocenters. The summed E-state index contributed by atoms with van der Waals surface area (Å²) in [6.07, 6.45) is 0.857. The Balaban J connectivity index is 1.34. The molecular weight excluding hydrogens is 420 g/mol. The number of hydrogen-bond acceptors (Lipinski definition) is 4. The molecule has 174 valence electrons. The number of rotatable bonds is 7. The maximum atomic E-state index is 13.1. The molecule has 2 aliphatic rings. The highest BCUT2D eigenvalue weighted by Gasteiger charge is 2.39. The molecule has 2 N–H and O–H groups in total. The van der Waals surface area contributed by atoms with Crippen molar-refractivity contribution in [3.8, 4) is 11.1 Å². The molecule has 2 amide bonds. The number of likely N-dealkylation sites (tertiary alicyclic amines) is 1. The van der Waals surface area contributed by atoms with Crippen molar-refractivity contribution < 1.29 is 24.2 Å². The zero-order valence-corrected chi connectivity index (χ0v) is 19.0. The van der Waals surface area contributed by atoms with Crippen LogP contribution in [0.5, 0.6) is 0 Å². The quantitative estimate of drug-likeness (QED) is 0.664. The highest BCUT2D eigenvalue weighted by molar-refractivity contribution is 5.84. The first-order valence-corrected chi connectivity index (χ1v) is 11.4. The Bertz CT molecular complexity index is 1020. The second kappa shape index (κ2) is 9.25. The van der Waals surface area contributed by atoms with Gasteiger partial charge in [0.2, 0.25) is 5.91 Å². The molecule has 2 aromatic rings. The van der Waals surface area contributed by atoms with E-state index in [1.54, 1.807) is 18.7 Å². The van der Waals surface area contributed by atoms with E-state index in [9.17, 15) is 14.4 Å². The van der Waals surface area contributed by atoms with Crippen LogP contribution in [0.1, 0.15) is 50.2 Å². The van der Waals surface area contributed by atoms with Gasteiger partial charge in [0.25, 0.3) is 0 Å². The zero-order valence-electron chi connectivity index (χ0n) is 19.0. The minimum atomic E-state index is -0.908. The molecule has 4 rings (SSSR count). The molecule has 1 fully saturated rings. The molecule has 0 radical (unpaired) electrons. The Kier molecular flexibility index (Phi) is 6.40. The van der Waals surface area contributed by atoms with Gasteiger partial charge in [-0.2, -0.15) is 0 Å². The lowest BCUT2D eigenvalue weighted by Gasteiger charge is -2.32. The van der Waals surface area contributed by atoms with Crippen LogP contribution >= 0.6 is 0 Å². The summed E-state index contributed by atoms with van der Waals surface area (Å²) in [6.45, 7) is 4.38. The van der Waals surface area contributed by atoms with Crippen LogP contribution in [0.15, 0.2) is 48.5 Å². The molecule has 1 saturated heterocycles. The second-order valence-electron chi connectivity index (χ2n) is 9.46. The van der Waals surface area contributed by atoms with Gasteiger partial charge in [-0.25, -0.2) is 4.79 Å². The average Bonchev–Trinajstić information content (AvgIpc) is 3.37. The lowest BCUT2D eigenvalue weighted by Crippen LogP contribution is -2.49. The maximum absolute atomic E-state index is 13.1. The van der Waals surface area contributed by atoms with Crippen LogP contribution in [-0.2, 0) is 14.3 Å². The topological polar surface area (TPSA) is 95.9 Å². The smallest absolute Gasteiger partial charge is 0.407 e. The zero-order chi connectivity index (χ0) is 23.6. The van der Waals surface area contributed by atoms with Crippen LogP contribution < -0.4 is 5.32 Å². The van der Waals surface area contributed by atoms with Crippen LogP contribution in [0, 0.1) is 5.41 Å². The van der Waals surface area contributed by atoms with E-state index in [0.717, 1.165) is 28.7 Å². The Morgan fingerprint density at radius 1 is 1.06 bits per heavy atom. The number of carbonyl (C=O) groups is 3. The van der Waals surface area contributed by atoms with Crippen molar-refractivity contribution in [3.05, 3.63) is 59.7 Å². The standard InChI is InChI=1S/C26H30N2O5/c1-26(2,24(31)28-13-7-8-17(28)14-23(29)30)16-27-25(32)33-15-22-20-11-5-3-9-18(20)19-10-4-6-12-21(19)22/h3-6,9-12,17,22H,7-8,13-16H2,1-2H3,(H,27,32)(H,29,30)/t17-/m1/s1. The number of benzene rings is 2. The largest absolute Gasteiger partial charge is 0.481 e. The van der Waals surface area contributed by atoms with Crippen molar-refractivity contribution in [2.24, 2.45) is 5.41 Å². The summed E-state index contributed by atoms with van der Waals surface area (Å²) < 4.78 is 5.56.